The molecule has 12 heteroatoms. The number of aliphatic hydroxyl groups is 1. The van der Waals surface area contributed by atoms with Gasteiger partial charge in [-0.2, -0.15) is 13.2 Å². The van der Waals surface area contributed by atoms with Gasteiger partial charge in [0.2, 0.25) is 11.8 Å². The second-order valence-electron chi connectivity index (χ2n) is 12.3. The molecule has 1 N–H and O–H groups in total. The Hall–Kier alpha value is -2.73. The number of aliphatic hydroxyl groups excluding tert-OH is 1. The van der Waals surface area contributed by atoms with Crippen molar-refractivity contribution in [3.05, 3.63) is 45.9 Å². The molecule has 7 nitrogen and oxygen atoms in total. The lowest BCUT2D eigenvalue weighted by molar-refractivity contribution is -0.212. The summed E-state index contributed by atoms with van der Waals surface area (Å²) in [4.78, 5) is 35.5. The first kappa shape index (κ1) is 29.0. The molecule has 228 valence electrons. The zero-order valence-electron chi connectivity index (χ0n) is 23.5. The van der Waals surface area contributed by atoms with Gasteiger partial charge in [-0.25, -0.2) is 0 Å². The summed E-state index contributed by atoms with van der Waals surface area (Å²) in [7, 11) is 0. The van der Waals surface area contributed by atoms with Crippen molar-refractivity contribution in [2.45, 2.75) is 81.8 Å². The van der Waals surface area contributed by atoms with Crippen molar-refractivity contribution < 1.29 is 27.9 Å². The zero-order valence-corrected chi connectivity index (χ0v) is 25.1. The van der Waals surface area contributed by atoms with Crippen molar-refractivity contribution >= 4 is 50.7 Å². The first-order chi connectivity index (χ1) is 20.5. The number of hydrogen-bond donors (Lipinski definition) is 1. The van der Waals surface area contributed by atoms with E-state index in [1.54, 1.807) is 6.20 Å². The SMILES string of the molecule is O=C1CCC(=O)N1Cc1cc2nccc(-c3cc(Cl)cc4c3N(C3CN(CC(O)C(F)(F)F)C5(CCC5)C3)CCC4)c2s1. The van der Waals surface area contributed by atoms with Crippen LogP contribution in [0.1, 0.15) is 55.4 Å². The van der Waals surface area contributed by atoms with Crippen LogP contribution in [0.25, 0.3) is 21.3 Å². The number of rotatable bonds is 6. The lowest BCUT2D eigenvalue weighted by Crippen LogP contribution is -2.53. The Bertz CT molecular complexity index is 1590. The number of aromatic nitrogens is 1. The molecular weight excluding hydrogens is 601 g/mol. The lowest BCUT2D eigenvalue weighted by atomic mass is 9.74. The summed E-state index contributed by atoms with van der Waals surface area (Å²) in [5.41, 5.74) is 4.53. The predicted octanol–water partition coefficient (Wildman–Crippen LogP) is 5.94. The Labute approximate surface area is 256 Å². The molecule has 2 atom stereocenters. The Morgan fingerprint density at radius 2 is 1.86 bits per heavy atom. The van der Waals surface area contributed by atoms with Crippen LogP contribution in [0.5, 0.6) is 0 Å². The number of aryl methyl sites for hydroxylation is 1. The topological polar surface area (TPSA) is 77.0 Å². The van der Waals surface area contributed by atoms with E-state index in [1.165, 1.54) is 16.2 Å². The number of pyridine rings is 1. The van der Waals surface area contributed by atoms with Crippen LogP contribution in [-0.2, 0) is 22.6 Å². The van der Waals surface area contributed by atoms with Crippen LogP contribution in [-0.4, -0.2) is 75.2 Å². The summed E-state index contributed by atoms with van der Waals surface area (Å²) in [5, 5.41) is 10.6. The number of nitrogens with zero attached hydrogens (tertiary/aromatic N) is 4. The number of β-amino-alcohol motifs (C(OH)–C–C–N with tert-alkyl or cyclic N) is 1. The third kappa shape index (κ3) is 5.11. The minimum atomic E-state index is -4.65. The molecule has 1 spiro atoms. The van der Waals surface area contributed by atoms with Gasteiger partial charge in [-0.1, -0.05) is 11.6 Å². The van der Waals surface area contributed by atoms with Gasteiger partial charge in [-0.15, -0.1) is 11.3 Å². The van der Waals surface area contributed by atoms with Gasteiger partial charge >= 0.3 is 6.18 Å². The predicted molar refractivity (Wildman–Crippen MR) is 159 cm³/mol. The smallest absolute Gasteiger partial charge is 0.382 e. The number of hydrogen-bond acceptors (Lipinski definition) is 7. The molecule has 0 radical (unpaired) electrons. The van der Waals surface area contributed by atoms with Gasteiger partial charge in [-0.05, 0) is 68.4 Å². The average molecular weight is 633 g/mol. The van der Waals surface area contributed by atoms with Gasteiger partial charge in [0, 0.05) is 77.0 Å². The van der Waals surface area contributed by atoms with Gasteiger partial charge in [0.05, 0.1) is 16.8 Å². The van der Waals surface area contributed by atoms with Crippen LogP contribution < -0.4 is 4.90 Å². The van der Waals surface area contributed by atoms with Crippen LogP contribution in [0.4, 0.5) is 18.9 Å². The molecule has 4 aliphatic rings. The van der Waals surface area contributed by atoms with Gasteiger partial charge < -0.3 is 10.0 Å². The molecule has 2 saturated heterocycles. The number of imide groups is 1. The Kier molecular flexibility index (Phi) is 7.23. The molecule has 0 bridgehead atoms. The lowest BCUT2D eigenvalue weighted by Gasteiger charge is -2.46. The molecule has 1 aromatic carbocycles. The van der Waals surface area contributed by atoms with Crippen molar-refractivity contribution in [1.29, 1.82) is 0 Å². The van der Waals surface area contributed by atoms with E-state index in [9.17, 15) is 27.9 Å². The van der Waals surface area contributed by atoms with Gasteiger partial charge in [0.1, 0.15) is 0 Å². The molecule has 1 saturated carbocycles. The van der Waals surface area contributed by atoms with E-state index in [1.807, 2.05) is 29.2 Å². The van der Waals surface area contributed by atoms with E-state index in [0.29, 0.717) is 11.6 Å². The number of anilines is 1. The second-order valence-corrected chi connectivity index (χ2v) is 13.9. The van der Waals surface area contributed by atoms with Gasteiger partial charge in [-0.3, -0.25) is 24.4 Å². The number of likely N-dealkylation sites (tertiary alicyclic amines) is 2. The molecule has 43 heavy (non-hydrogen) atoms. The summed E-state index contributed by atoms with van der Waals surface area (Å²) in [6.45, 7) is 1.06. The number of benzene rings is 1. The summed E-state index contributed by atoms with van der Waals surface area (Å²) in [6, 6.07) is 7.84. The van der Waals surface area contributed by atoms with E-state index >= 15 is 0 Å². The highest BCUT2D eigenvalue weighted by atomic mass is 35.5. The zero-order chi connectivity index (χ0) is 30.1. The van der Waals surface area contributed by atoms with E-state index in [0.717, 1.165) is 82.5 Å². The van der Waals surface area contributed by atoms with Crippen LogP contribution >= 0.6 is 22.9 Å². The molecule has 3 aliphatic heterocycles. The third-order valence-corrected chi connectivity index (χ3v) is 11.1. The minimum Gasteiger partial charge on any atom is -0.382 e. The number of amides is 2. The molecule has 7 rings (SSSR count). The number of halogens is 4. The third-order valence-electron chi connectivity index (χ3n) is 9.72. The average Bonchev–Trinajstić information content (AvgIpc) is 3.63. The Morgan fingerprint density at radius 1 is 1.09 bits per heavy atom. The maximum Gasteiger partial charge on any atom is 0.415 e. The van der Waals surface area contributed by atoms with Crippen LogP contribution in [0, 0.1) is 0 Å². The standard InChI is InChI=1S/C31H32ClF3N4O3S/c32-19-11-18-3-1-10-38(20-14-30(7-2-8-30)37(15-20)17-25(40)31(33,34)35)28(18)23(12-19)22-6-9-36-24-13-21(43-29(22)24)16-39-26(41)4-5-27(39)42/h6,9,11-13,20,25,40H,1-5,7-8,10,14-17H2. The minimum absolute atomic E-state index is 0.00289. The number of fused-ring (bicyclic) bond motifs is 2. The molecular formula is C31H32ClF3N4O3S. The first-order valence-corrected chi connectivity index (χ1v) is 16.0. The van der Waals surface area contributed by atoms with Crippen molar-refractivity contribution in [2.75, 3.05) is 24.5 Å². The fraction of sp³-hybridized carbons (Fsp3) is 0.516. The van der Waals surface area contributed by atoms with Crippen LogP contribution in [0.2, 0.25) is 5.02 Å². The Morgan fingerprint density at radius 3 is 2.56 bits per heavy atom. The van der Waals surface area contributed by atoms with Crippen LogP contribution in [0.15, 0.2) is 30.5 Å². The molecule has 3 fully saturated rings. The van der Waals surface area contributed by atoms with Gasteiger partial charge in [0.25, 0.3) is 0 Å². The quantitative estimate of drug-likeness (QED) is 0.339. The maximum absolute atomic E-state index is 13.3. The van der Waals surface area contributed by atoms with E-state index in [-0.39, 0.29) is 42.8 Å². The number of carbonyl (C=O) groups is 2. The molecule has 2 aromatic heterocycles. The monoisotopic (exact) mass is 632 g/mol. The number of carbonyl (C=O) groups excluding carboxylic acids is 2. The second kappa shape index (κ2) is 10.7. The van der Waals surface area contributed by atoms with Crippen LogP contribution in [0.3, 0.4) is 0 Å². The highest BCUT2D eigenvalue weighted by molar-refractivity contribution is 7.19. The van der Waals surface area contributed by atoms with Crippen molar-refractivity contribution in [2.24, 2.45) is 0 Å². The number of thiophene rings is 1. The highest BCUT2D eigenvalue weighted by Crippen LogP contribution is 2.50. The fourth-order valence-electron chi connectivity index (χ4n) is 7.51. The summed E-state index contributed by atoms with van der Waals surface area (Å²) in [5.74, 6) is -0.319. The largest absolute Gasteiger partial charge is 0.415 e. The fourth-order valence-corrected chi connectivity index (χ4v) is 8.89. The molecule has 3 aromatic rings. The molecule has 2 unspecified atom stereocenters. The van der Waals surface area contributed by atoms with Crippen molar-refractivity contribution in [3.63, 3.8) is 0 Å². The summed E-state index contributed by atoms with van der Waals surface area (Å²) < 4.78 is 41.0. The van der Waals surface area contributed by atoms with Crippen molar-refractivity contribution in [3.8, 4) is 11.1 Å². The van der Waals surface area contributed by atoms with Crippen molar-refractivity contribution in [1.82, 2.24) is 14.8 Å². The normalized spacial score (nSPS) is 23.0. The summed E-state index contributed by atoms with van der Waals surface area (Å²) in [6.07, 6.45) is 0.395. The maximum atomic E-state index is 13.3. The Balaban J connectivity index is 1.25. The summed E-state index contributed by atoms with van der Waals surface area (Å²) >= 11 is 8.19. The van der Waals surface area contributed by atoms with Gasteiger partial charge in [0.15, 0.2) is 6.10 Å². The van der Waals surface area contributed by atoms with E-state index in [2.05, 4.69) is 9.88 Å². The highest BCUT2D eigenvalue weighted by Gasteiger charge is 2.53. The first-order valence-electron chi connectivity index (χ1n) is 14.8. The molecule has 5 heterocycles. The number of alkyl halides is 3. The van der Waals surface area contributed by atoms with E-state index in [4.69, 9.17) is 11.6 Å². The van der Waals surface area contributed by atoms with E-state index < -0.39 is 18.8 Å². The molecule has 1 aliphatic carbocycles. The molecule has 2 amide bonds.